The highest BCUT2D eigenvalue weighted by Gasteiger charge is 2.25. The Hall–Kier alpha value is -3.33. The van der Waals surface area contributed by atoms with Gasteiger partial charge in [0.1, 0.15) is 24.7 Å². The average molecular weight is 526 g/mol. The van der Waals surface area contributed by atoms with Crippen LogP contribution in [-0.4, -0.2) is 56.2 Å². The van der Waals surface area contributed by atoms with Gasteiger partial charge in [0, 0.05) is 18.7 Å². The minimum atomic E-state index is -0.147. The summed E-state index contributed by atoms with van der Waals surface area (Å²) in [6.45, 7) is 2.43. The highest BCUT2D eigenvalue weighted by molar-refractivity contribution is 7.22. The predicted molar refractivity (Wildman–Crippen MR) is 146 cm³/mol. The molecule has 0 atom stereocenters. The fraction of sp³-hybridized carbons (Fsp3) is 0.259. The number of hydrogen-bond acceptors (Lipinski definition) is 7. The van der Waals surface area contributed by atoms with E-state index in [9.17, 15) is 4.79 Å². The van der Waals surface area contributed by atoms with E-state index in [0.29, 0.717) is 53.5 Å². The molecule has 9 heteroatoms. The number of fused-ring (bicyclic) bond motifs is 2. The standard InChI is InChI=1S/C27H27N3O4S.ClH/c1-29(2)13-8-14-30(27-28-21-17-23-24(18-25(21)35-27)33-16-15-32-23)26(31)20-11-6-7-12-22(20)34-19-9-4-3-5-10-19;/h3-7,9-12,17-18H,8,13-16H2,1-2H3;1H. The van der Waals surface area contributed by atoms with Gasteiger partial charge in [0.15, 0.2) is 16.6 Å². The summed E-state index contributed by atoms with van der Waals surface area (Å²) in [5.74, 6) is 2.45. The first-order valence-electron chi connectivity index (χ1n) is 11.6. The smallest absolute Gasteiger partial charge is 0.263 e. The quantitative estimate of drug-likeness (QED) is 0.286. The van der Waals surface area contributed by atoms with Crippen LogP contribution in [0.1, 0.15) is 16.8 Å². The van der Waals surface area contributed by atoms with Gasteiger partial charge in [0.05, 0.1) is 15.8 Å². The summed E-state index contributed by atoms with van der Waals surface area (Å²) in [5.41, 5.74) is 1.28. The van der Waals surface area contributed by atoms with E-state index in [1.165, 1.54) is 11.3 Å². The number of carbonyl (C=O) groups excluding carboxylic acids is 1. The molecule has 0 fully saturated rings. The van der Waals surface area contributed by atoms with Crippen LogP contribution in [0, 0.1) is 0 Å². The second-order valence-corrected chi connectivity index (χ2v) is 9.49. The van der Waals surface area contributed by atoms with Crippen molar-refractivity contribution in [2.24, 2.45) is 0 Å². The predicted octanol–water partition coefficient (Wildman–Crippen LogP) is 5.88. The van der Waals surface area contributed by atoms with Crippen molar-refractivity contribution in [1.29, 1.82) is 0 Å². The van der Waals surface area contributed by atoms with E-state index in [-0.39, 0.29) is 18.3 Å². The maximum Gasteiger partial charge on any atom is 0.263 e. The van der Waals surface area contributed by atoms with Gasteiger partial charge in [0.2, 0.25) is 0 Å². The van der Waals surface area contributed by atoms with Gasteiger partial charge in [-0.2, -0.15) is 0 Å². The Balaban J connectivity index is 0.00000304. The highest BCUT2D eigenvalue weighted by atomic mass is 35.5. The van der Waals surface area contributed by atoms with Crippen LogP contribution in [0.5, 0.6) is 23.0 Å². The van der Waals surface area contributed by atoms with Gasteiger partial charge in [-0.25, -0.2) is 4.98 Å². The van der Waals surface area contributed by atoms with Gasteiger partial charge in [-0.05, 0) is 51.3 Å². The van der Waals surface area contributed by atoms with Crippen molar-refractivity contribution in [1.82, 2.24) is 9.88 Å². The molecule has 0 radical (unpaired) electrons. The molecule has 0 N–H and O–H groups in total. The van der Waals surface area contributed by atoms with Crippen molar-refractivity contribution in [3.05, 3.63) is 72.3 Å². The molecule has 188 valence electrons. The maximum atomic E-state index is 13.9. The molecule has 7 nitrogen and oxygen atoms in total. The minimum absolute atomic E-state index is 0. The fourth-order valence-electron chi connectivity index (χ4n) is 3.89. The van der Waals surface area contributed by atoms with Crippen molar-refractivity contribution < 1.29 is 19.0 Å². The number of amides is 1. The number of ether oxygens (including phenoxy) is 3. The number of para-hydroxylation sites is 2. The fourth-order valence-corrected chi connectivity index (χ4v) is 4.89. The van der Waals surface area contributed by atoms with Crippen molar-refractivity contribution in [2.75, 3.05) is 45.3 Å². The third kappa shape index (κ3) is 5.73. The topological polar surface area (TPSA) is 64.1 Å². The summed E-state index contributed by atoms with van der Waals surface area (Å²) < 4.78 is 18.5. The Morgan fingerprint density at radius 2 is 1.67 bits per heavy atom. The minimum Gasteiger partial charge on any atom is -0.486 e. The van der Waals surface area contributed by atoms with Crippen LogP contribution in [0.4, 0.5) is 5.13 Å². The molecule has 0 bridgehead atoms. The van der Waals surface area contributed by atoms with Gasteiger partial charge in [-0.15, -0.1) is 12.4 Å². The van der Waals surface area contributed by atoms with E-state index in [0.717, 1.165) is 23.2 Å². The highest BCUT2D eigenvalue weighted by Crippen LogP contribution is 2.39. The molecular weight excluding hydrogens is 498 g/mol. The zero-order chi connectivity index (χ0) is 24.2. The maximum absolute atomic E-state index is 13.9. The lowest BCUT2D eigenvalue weighted by Crippen LogP contribution is -2.33. The van der Waals surface area contributed by atoms with Crippen molar-refractivity contribution >= 4 is 45.0 Å². The summed E-state index contributed by atoms with van der Waals surface area (Å²) in [5, 5.41) is 0.639. The molecule has 0 unspecified atom stereocenters. The number of anilines is 1. The van der Waals surface area contributed by atoms with Crippen LogP contribution >= 0.6 is 23.7 Å². The Labute approximate surface area is 220 Å². The molecule has 0 spiro atoms. The lowest BCUT2D eigenvalue weighted by atomic mass is 10.1. The van der Waals surface area contributed by atoms with Gasteiger partial charge >= 0.3 is 0 Å². The second-order valence-electron chi connectivity index (χ2n) is 8.48. The SMILES string of the molecule is CN(C)CCCN(C(=O)c1ccccc1Oc1ccccc1)c1nc2cc3c(cc2s1)OCCO3.Cl. The summed E-state index contributed by atoms with van der Waals surface area (Å²) >= 11 is 1.47. The van der Waals surface area contributed by atoms with Gasteiger partial charge in [-0.3, -0.25) is 9.69 Å². The van der Waals surface area contributed by atoms with Crippen LogP contribution in [0.25, 0.3) is 10.2 Å². The van der Waals surface area contributed by atoms with Crippen molar-refractivity contribution in [3.8, 4) is 23.0 Å². The molecule has 4 aromatic rings. The lowest BCUT2D eigenvalue weighted by molar-refractivity contribution is 0.0984. The molecule has 0 aliphatic carbocycles. The number of hydrogen-bond donors (Lipinski definition) is 0. The Kier molecular flexibility index (Phi) is 8.30. The zero-order valence-electron chi connectivity index (χ0n) is 20.2. The van der Waals surface area contributed by atoms with Crippen molar-refractivity contribution in [2.45, 2.75) is 6.42 Å². The number of benzene rings is 3. The van der Waals surface area contributed by atoms with Gasteiger partial charge in [0.25, 0.3) is 5.91 Å². The molecule has 1 amide bonds. The number of thiazole rings is 1. The van der Waals surface area contributed by atoms with Gasteiger partial charge in [-0.1, -0.05) is 41.7 Å². The normalized spacial score (nSPS) is 12.3. The second kappa shape index (κ2) is 11.6. The third-order valence-corrected chi connectivity index (χ3v) is 6.63. The Morgan fingerprint density at radius 1 is 0.972 bits per heavy atom. The van der Waals surface area contributed by atoms with Gasteiger partial charge < -0.3 is 19.1 Å². The molecule has 0 saturated heterocycles. The monoisotopic (exact) mass is 525 g/mol. The van der Waals surface area contributed by atoms with E-state index < -0.39 is 0 Å². The Morgan fingerprint density at radius 3 is 2.42 bits per heavy atom. The summed E-state index contributed by atoms with van der Waals surface area (Å²) in [4.78, 5) is 22.6. The van der Waals surface area contributed by atoms with E-state index in [1.807, 2.05) is 74.8 Å². The number of halogens is 1. The average Bonchev–Trinajstić information content (AvgIpc) is 3.28. The zero-order valence-corrected chi connectivity index (χ0v) is 21.8. The summed E-state index contributed by atoms with van der Waals surface area (Å²) in [6, 6.07) is 20.6. The van der Waals surface area contributed by atoms with Crippen LogP contribution in [-0.2, 0) is 0 Å². The molecule has 36 heavy (non-hydrogen) atoms. The summed E-state index contributed by atoms with van der Waals surface area (Å²) in [7, 11) is 4.05. The van der Waals surface area contributed by atoms with E-state index in [2.05, 4.69) is 4.90 Å². The molecular formula is C27H28ClN3O4S. The molecule has 3 aromatic carbocycles. The summed E-state index contributed by atoms with van der Waals surface area (Å²) in [6.07, 6.45) is 0.805. The molecule has 5 rings (SSSR count). The largest absolute Gasteiger partial charge is 0.486 e. The first-order valence-corrected chi connectivity index (χ1v) is 12.4. The van der Waals surface area contributed by atoms with E-state index in [1.54, 1.807) is 11.0 Å². The molecule has 1 aromatic heterocycles. The first-order chi connectivity index (χ1) is 17.1. The molecule has 1 aliphatic heterocycles. The van der Waals surface area contributed by atoms with E-state index >= 15 is 0 Å². The number of nitrogens with zero attached hydrogens (tertiary/aromatic N) is 3. The van der Waals surface area contributed by atoms with Crippen LogP contribution in [0.3, 0.4) is 0 Å². The number of rotatable bonds is 8. The Bertz CT molecular complexity index is 1290. The van der Waals surface area contributed by atoms with Crippen LogP contribution in [0.2, 0.25) is 0 Å². The van der Waals surface area contributed by atoms with Crippen LogP contribution < -0.4 is 19.1 Å². The first kappa shape index (κ1) is 25.8. The van der Waals surface area contributed by atoms with Crippen molar-refractivity contribution in [3.63, 3.8) is 0 Å². The van der Waals surface area contributed by atoms with Crippen LogP contribution in [0.15, 0.2) is 66.7 Å². The molecule has 0 saturated carbocycles. The molecule has 2 heterocycles. The third-order valence-electron chi connectivity index (χ3n) is 5.59. The number of carbonyl (C=O) groups is 1. The lowest BCUT2D eigenvalue weighted by Gasteiger charge is -2.22. The van der Waals surface area contributed by atoms with E-state index in [4.69, 9.17) is 19.2 Å². The number of aromatic nitrogens is 1. The molecule has 1 aliphatic rings.